The molecule has 7 nitrogen and oxygen atoms in total. The predicted molar refractivity (Wildman–Crippen MR) is 136 cm³/mol. The fourth-order valence-corrected chi connectivity index (χ4v) is 7.94. The van der Waals surface area contributed by atoms with Crippen molar-refractivity contribution in [3.63, 3.8) is 0 Å². The van der Waals surface area contributed by atoms with E-state index < -0.39 is 11.9 Å². The zero-order chi connectivity index (χ0) is 25.4. The largest absolute Gasteiger partial charge is 0.507 e. The Hall–Kier alpha value is -2.67. The van der Waals surface area contributed by atoms with Crippen LogP contribution in [0.5, 0.6) is 0 Å². The van der Waals surface area contributed by atoms with Crippen LogP contribution in [-0.2, 0) is 14.4 Å². The van der Waals surface area contributed by atoms with Gasteiger partial charge in [-0.3, -0.25) is 14.4 Å². The Kier molecular flexibility index (Phi) is 7.20. The molecule has 7 atom stereocenters. The smallest absolute Gasteiger partial charge is 0.259 e. The molecular weight excluding hydrogens is 456 g/mol. The molecule has 0 radical (unpaired) electrons. The Bertz CT molecular complexity index is 1050. The first-order valence-electron chi connectivity index (χ1n) is 13.6. The summed E-state index contributed by atoms with van der Waals surface area (Å²) < 4.78 is 0. The Morgan fingerprint density at radius 2 is 1.89 bits per heavy atom. The van der Waals surface area contributed by atoms with Gasteiger partial charge >= 0.3 is 0 Å². The molecule has 3 fully saturated rings. The number of hydrogen-bond acceptors (Lipinski definition) is 5. The van der Waals surface area contributed by atoms with Crippen molar-refractivity contribution in [1.29, 1.82) is 0 Å². The van der Waals surface area contributed by atoms with Crippen LogP contribution >= 0.6 is 0 Å². The van der Waals surface area contributed by atoms with Crippen LogP contribution in [0.25, 0.3) is 0 Å². The number of fused-ring (bicyclic) bond motifs is 7. The average Bonchev–Trinajstić information content (AvgIpc) is 3.49. The van der Waals surface area contributed by atoms with Crippen molar-refractivity contribution < 1.29 is 24.6 Å². The normalized spacial score (nSPS) is 38.8. The van der Waals surface area contributed by atoms with Gasteiger partial charge in [0.15, 0.2) is 5.78 Å². The fourth-order valence-electron chi connectivity index (χ4n) is 7.94. The summed E-state index contributed by atoms with van der Waals surface area (Å²) in [5, 5.41) is 26.4. The second-order valence-corrected chi connectivity index (χ2v) is 11.2. The van der Waals surface area contributed by atoms with Crippen LogP contribution in [0, 0.1) is 35.5 Å². The van der Waals surface area contributed by atoms with Crippen LogP contribution in [0.2, 0.25) is 0 Å². The fraction of sp³-hybridized carbons (Fsp3) is 0.621. The summed E-state index contributed by atoms with van der Waals surface area (Å²) in [4.78, 5) is 37.6. The Morgan fingerprint density at radius 1 is 1.06 bits per heavy atom. The highest BCUT2D eigenvalue weighted by Crippen LogP contribution is 2.60. The Morgan fingerprint density at radius 3 is 2.67 bits per heavy atom. The van der Waals surface area contributed by atoms with Gasteiger partial charge in [0.2, 0.25) is 5.91 Å². The zero-order valence-electron chi connectivity index (χ0n) is 21.0. The number of carbonyl (C=O) groups excluding carboxylic acids is 3. The molecule has 3 aliphatic carbocycles. The van der Waals surface area contributed by atoms with Crippen LogP contribution in [-0.4, -0.2) is 47.0 Å². The quantitative estimate of drug-likeness (QED) is 0.347. The van der Waals surface area contributed by atoms with Gasteiger partial charge in [-0.1, -0.05) is 24.6 Å². The minimum absolute atomic E-state index is 0.136. The molecule has 2 aliphatic heterocycles. The summed E-state index contributed by atoms with van der Waals surface area (Å²) in [7, 11) is 0. The second-order valence-electron chi connectivity index (χ2n) is 11.2. The van der Waals surface area contributed by atoms with E-state index in [1.165, 1.54) is 11.1 Å². The third kappa shape index (κ3) is 4.47. The van der Waals surface area contributed by atoms with E-state index in [0.717, 1.165) is 38.5 Å². The lowest BCUT2D eigenvalue weighted by Gasteiger charge is -2.41. The molecule has 2 bridgehead atoms. The number of rotatable bonds is 2. The molecule has 194 valence electrons. The molecule has 5 rings (SSSR count). The number of hydrogen-bond donors (Lipinski definition) is 4. The highest BCUT2D eigenvalue weighted by molar-refractivity contribution is 6.27. The first-order valence-corrected chi connectivity index (χ1v) is 13.6. The lowest BCUT2D eigenvalue weighted by molar-refractivity contribution is -0.118. The third-order valence-corrected chi connectivity index (χ3v) is 9.49. The molecule has 0 spiro atoms. The lowest BCUT2D eigenvalue weighted by atomic mass is 9.64. The molecular formula is C29H38N2O5. The van der Waals surface area contributed by atoms with Crippen molar-refractivity contribution in [1.82, 2.24) is 10.6 Å². The van der Waals surface area contributed by atoms with E-state index in [2.05, 4.69) is 17.6 Å². The van der Waals surface area contributed by atoms with Crippen molar-refractivity contribution >= 4 is 17.6 Å². The summed E-state index contributed by atoms with van der Waals surface area (Å²) >= 11 is 0. The van der Waals surface area contributed by atoms with Crippen molar-refractivity contribution in [3.8, 4) is 0 Å². The molecule has 0 unspecified atom stereocenters. The molecule has 0 aromatic rings. The molecule has 1 saturated heterocycles. The average molecular weight is 495 g/mol. The lowest BCUT2D eigenvalue weighted by Crippen LogP contribution is -2.33. The Labute approximate surface area is 212 Å². The van der Waals surface area contributed by atoms with Gasteiger partial charge in [0.25, 0.3) is 5.91 Å². The monoisotopic (exact) mass is 494 g/mol. The number of amides is 2. The van der Waals surface area contributed by atoms with Crippen molar-refractivity contribution in [2.75, 3.05) is 13.2 Å². The first kappa shape index (κ1) is 25.0. The minimum atomic E-state index is -0.661. The number of carbonyl (C=O) groups is 3. The van der Waals surface area contributed by atoms with Crippen molar-refractivity contribution in [3.05, 3.63) is 46.8 Å². The highest BCUT2D eigenvalue weighted by Gasteiger charge is 2.52. The third-order valence-electron chi connectivity index (χ3n) is 9.49. The van der Waals surface area contributed by atoms with Crippen LogP contribution < -0.4 is 10.6 Å². The van der Waals surface area contributed by atoms with E-state index in [-0.39, 0.29) is 35.5 Å². The highest BCUT2D eigenvalue weighted by atomic mass is 16.3. The number of Topliss-reactive ketones (excluding diaryl/α,β-unsaturated/α-hetero) is 1. The minimum Gasteiger partial charge on any atom is -0.507 e. The molecule has 2 heterocycles. The van der Waals surface area contributed by atoms with Gasteiger partial charge in [-0.2, -0.15) is 0 Å². The van der Waals surface area contributed by atoms with E-state index in [4.69, 9.17) is 0 Å². The van der Waals surface area contributed by atoms with Gasteiger partial charge in [0.1, 0.15) is 11.3 Å². The van der Waals surface area contributed by atoms with E-state index in [1.54, 1.807) is 12.2 Å². The topological polar surface area (TPSA) is 116 Å². The summed E-state index contributed by atoms with van der Waals surface area (Å²) in [6, 6.07) is -0.661. The Balaban J connectivity index is 1.45. The molecule has 7 heteroatoms. The van der Waals surface area contributed by atoms with Crippen LogP contribution in [0.3, 0.4) is 0 Å². The van der Waals surface area contributed by atoms with Crippen LogP contribution in [0.15, 0.2) is 46.8 Å². The zero-order valence-corrected chi connectivity index (χ0v) is 21.0. The maximum absolute atomic E-state index is 12.8. The number of aliphatic hydroxyl groups excluding tert-OH is 2. The van der Waals surface area contributed by atoms with E-state index in [1.807, 2.05) is 12.2 Å². The van der Waals surface area contributed by atoms with E-state index >= 15 is 0 Å². The number of nitrogens with one attached hydrogen (secondary N) is 2. The predicted octanol–water partition coefficient (Wildman–Crippen LogP) is 3.28. The maximum Gasteiger partial charge on any atom is 0.259 e. The van der Waals surface area contributed by atoms with Gasteiger partial charge in [-0.25, -0.2) is 0 Å². The second kappa shape index (κ2) is 10.4. The van der Waals surface area contributed by atoms with Gasteiger partial charge in [-0.05, 0) is 105 Å². The summed E-state index contributed by atoms with van der Waals surface area (Å²) in [5.41, 5.74) is 2.56. The molecule has 5 aliphatic rings. The van der Waals surface area contributed by atoms with Gasteiger partial charge in [0, 0.05) is 6.54 Å². The summed E-state index contributed by atoms with van der Waals surface area (Å²) in [6.07, 6.45) is 14.1. The van der Waals surface area contributed by atoms with Crippen LogP contribution in [0.4, 0.5) is 0 Å². The maximum atomic E-state index is 12.8. The molecule has 0 aromatic heterocycles. The van der Waals surface area contributed by atoms with Crippen molar-refractivity contribution in [2.45, 2.75) is 64.3 Å². The summed E-state index contributed by atoms with van der Waals surface area (Å²) in [5.74, 6) is 1.23. The van der Waals surface area contributed by atoms with E-state index in [9.17, 15) is 24.6 Å². The molecule has 2 saturated carbocycles. The van der Waals surface area contributed by atoms with Gasteiger partial charge < -0.3 is 20.8 Å². The summed E-state index contributed by atoms with van der Waals surface area (Å²) in [6.45, 7) is 2.76. The molecule has 2 amide bonds. The molecule has 4 N–H and O–H groups in total. The van der Waals surface area contributed by atoms with Gasteiger partial charge in [0.05, 0.1) is 12.6 Å². The van der Waals surface area contributed by atoms with E-state index in [0.29, 0.717) is 49.0 Å². The standard InChI is InChI=1S/C29H38N2O5/c1-2-16-13-18-14-21-19-5-3-7-25(34)30-12-4-6-23-28(35)27(29(36)31-23)24(33)11-9-17(19)8-10-20(21)26(18)22(16)15-32/h3,7,9,11,17-21,23,26,32-33H,2,4-6,8,10,12-15H2,1H3,(H,30,34)(H,31,36)/b7-3-,11-9+,27-24?/t17-,18+,19-,20+,21+,23+,26+/m1/s1. The van der Waals surface area contributed by atoms with Crippen molar-refractivity contribution in [2.24, 2.45) is 35.5 Å². The molecule has 36 heavy (non-hydrogen) atoms. The number of allylic oxidation sites excluding steroid dienone is 4. The van der Waals surface area contributed by atoms with Gasteiger partial charge in [-0.15, -0.1) is 0 Å². The number of ketones is 1. The van der Waals surface area contributed by atoms with Crippen LogP contribution in [0.1, 0.15) is 58.3 Å². The number of aliphatic hydroxyl groups is 2. The molecule has 0 aromatic carbocycles. The SMILES string of the molecule is CCC1=C(CO)[C@H]2[C@@H](C1)C[C@@H]1[C@@H]2CC[C@@H]2/C=C/C(O)=C3C(=O)N[C@@H](CCCNC(=O)/C=C\C[C@@H]12)C3=O. The first-order chi connectivity index (χ1) is 17.4.